The fourth-order valence-corrected chi connectivity index (χ4v) is 3.92. The molecule has 34 heavy (non-hydrogen) atoms. The minimum absolute atomic E-state index is 0.469. The molecule has 11 nitrogen and oxygen atoms in total. The zero-order valence-corrected chi connectivity index (χ0v) is 20.3. The number of sulfonamides is 1. The van der Waals surface area contributed by atoms with Crippen molar-refractivity contribution in [2.45, 2.75) is 13.8 Å². The highest BCUT2D eigenvalue weighted by molar-refractivity contribution is 7.92. The van der Waals surface area contributed by atoms with Gasteiger partial charge in [-0.1, -0.05) is 6.07 Å². The normalized spacial score (nSPS) is 11.3. The van der Waals surface area contributed by atoms with Crippen LogP contribution in [0.4, 0.5) is 28.8 Å². The predicted molar refractivity (Wildman–Crippen MR) is 132 cm³/mol. The van der Waals surface area contributed by atoms with E-state index in [1.165, 1.54) is 17.7 Å². The van der Waals surface area contributed by atoms with Crippen molar-refractivity contribution in [3.8, 4) is 11.3 Å². The zero-order chi connectivity index (χ0) is 24.5. The molecule has 0 fully saturated rings. The van der Waals surface area contributed by atoms with E-state index in [9.17, 15) is 8.42 Å². The Morgan fingerprint density at radius 2 is 1.71 bits per heavy atom. The smallest absolute Gasteiger partial charge is 0.232 e. The minimum atomic E-state index is -3.51. The Morgan fingerprint density at radius 1 is 0.971 bits per heavy atom. The number of anilines is 5. The molecule has 2 N–H and O–H groups in total. The van der Waals surface area contributed by atoms with Gasteiger partial charge >= 0.3 is 0 Å². The number of rotatable bonds is 7. The van der Waals surface area contributed by atoms with Crippen LogP contribution in [0, 0.1) is 13.8 Å². The molecule has 1 aromatic carbocycles. The summed E-state index contributed by atoms with van der Waals surface area (Å²) in [7, 11) is -0.123. The Bertz CT molecular complexity index is 1430. The lowest BCUT2D eigenvalue weighted by Crippen LogP contribution is -2.25. The molecule has 0 saturated heterocycles. The third-order valence-corrected chi connectivity index (χ3v) is 6.29. The number of aryl methyl sites for hydroxylation is 3. The van der Waals surface area contributed by atoms with E-state index < -0.39 is 10.0 Å². The van der Waals surface area contributed by atoms with Crippen LogP contribution in [0.1, 0.15) is 11.5 Å². The maximum atomic E-state index is 12.3. The van der Waals surface area contributed by atoms with Gasteiger partial charge in [0.15, 0.2) is 0 Å². The Morgan fingerprint density at radius 3 is 2.35 bits per heavy atom. The van der Waals surface area contributed by atoms with Crippen LogP contribution >= 0.6 is 0 Å². The number of benzene rings is 1. The zero-order valence-electron chi connectivity index (χ0n) is 19.5. The second-order valence-electron chi connectivity index (χ2n) is 7.83. The summed E-state index contributed by atoms with van der Waals surface area (Å²) in [6.45, 7) is 3.71. The van der Waals surface area contributed by atoms with Crippen molar-refractivity contribution in [3.63, 3.8) is 0 Å². The Kier molecular flexibility index (Phi) is 6.16. The summed E-state index contributed by atoms with van der Waals surface area (Å²) in [5.41, 5.74) is 3.56. The molecular formula is C22H25N9O2S. The third kappa shape index (κ3) is 5.12. The van der Waals surface area contributed by atoms with E-state index in [0.717, 1.165) is 23.2 Å². The monoisotopic (exact) mass is 479 g/mol. The first kappa shape index (κ1) is 23.1. The van der Waals surface area contributed by atoms with Crippen LogP contribution < -0.4 is 14.9 Å². The van der Waals surface area contributed by atoms with E-state index in [4.69, 9.17) is 0 Å². The lowest BCUT2D eigenvalue weighted by molar-refractivity contribution is 0.600. The van der Waals surface area contributed by atoms with Crippen molar-refractivity contribution in [1.82, 2.24) is 29.5 Å². The maximum absolute atomic E-state index is 12.3. The molecule has 3 aromatic heterocycles. The molecule has 4 aromatic rings. The van der Waals surface area contributed by atoms with Gasteiger partial charge in [0.05, 0.1) is 35.8 Å². The van der Waals surface area contributed by atoms with Crippen molar-refractivity contribution in [2.24, 2.45) is 7.05 Å². The first-order valence-electron chi connectivity index (χ1n) is 10.3. The van der Waals surface area contributed by atoms with Crippen LogP contribution in [0.5, 0.6) is 0 Å². The predicted octanol–water partition coefficient (Wildman–Crippen LogP) is 3.17. The van der Waals surface area contributed by atoms with Gasteiger partial charge in [-0.15, -0.1) is 0 Å². The largest absolute Gasteiger partial charge is 0.338 e. The molecule has 0 atom stereocenters. The number of hydrogen-bond acceptors (Lipinski definition) is 9. The molecule has 0 spiro atoms. The van der Waals surface area contributed by atoms with Crippen LogP contribution in [0.15, 0.2) is 49.2 Å². The van der Waals surface area contributed by atoms with Gasteiger partial charge in [0, 0.05) is 37.5 Å². The van der Waals surface area contributed by atoms with Gasteiger partial charge in [-0.2, -0.15) is 0 Å². The summed E-state index contributed by atoms with van der Waals surface area (Å²) in [5.74, 6) is 2.28. The summed E-state index contributed by atoms with van der Waals surface area (Å²) in [6, 6.07) is 9.04. The van der Waals surface area contributed by atoms with Gasteiger partial charge in [-0.3, -0.25) is 4.31 Å². The molecule has 0 saturated carbocycles. The second kappa shape index (κ2) is 9.06. The molecule has 4 rings (SSSR count). The van der Waals surface area contributed by atoms with Crippen LogP contribution in [0.3, 0.4) is 0 Å². The minimum Gasteiger partial charge on any atom is -0.338 e. The Balaban J connectivity index is 1.68. The van der Waals surface area contributed by atoms with E-state index in [2.05, 4.69) is 35.6 Å². The van der Waals surface area contributed by atoms with Gasteiger partial charge in [0.1, 0.15) is 29.6 Å². The Hall–Kier alpha value is -4.06. The fourth-order valence-electron chi connectivity index (χ4n) is 3.42. The van der Waals surface area contributed by atoms with Crippen molar-refractivity contribution >= 4 is 38.9 Å². The van der Waals surface area contributed by atoms with Gasteiger partial charge in [-0.25, -0.2) is 33.3 Å². The second-order valence-corrected chi connectivity index (χ2v) is 9.85. The average Bonchev–Trinajstić information content (AvgIpc) is 3.18. The van der Waals surface area contributed by atoms with E-state index in [1.54, 1.807) is 24.7 Å². The van der Waals surface area contributed by atoms with E-state index in [0.29, 0.717) is 34.7 Å². The maximum Gasteiger partial charge on any atom is 0.232 e. The summed E-state index contributed by atoms with van der Waals surface area (Å²) in [5, 5.41) is 6.36. The molecule has 0 aliphatic carbocycles. The SMILES string of the molecule is Cc1cc(Nc2cc(Nc3ccc(-c4cncn4C)cc3N(C)S(C)(=O)=O)ncn2)nc(C)n1. The molecular weight excluding hydrogens is 454 g/mol. The molecule has 0 aliphatic rings. The third-order valence-electron chi connectivity index (χ3n) is 5.10. The van der Waals surface area contributed by atoms with Crippen LogP contribution in [0.25, 0.3) is 11.3 Å². The lowest BCUT2D eigenvalue weighted by atomic mass is 10.1. The molecule has 0 radical (unpaired) electrons. The van der Waals surface area contributed by atoms with Crippen LogP contribution in [0.2, 0.25) is 0 Å². The number of aromatic nitrogens is 6. The van der Waals surface area contributed by atoms with Crippen molar-refractivity contribution in [2.75, 3.05) is 28.2 Å². The van der Waals surface area contributed by atoms with Gasteiger partial charge in [0.2, 0.25) is 10.0 Å². The van der Waals surface area contributed by atoms with Crippen molar-refractivity contribution in [3.05, 3.63) is 60.7 Å². The van der Waals surface area contributed by atoms with Crippen molar-refractivity contribution < 1.29 is 8.42 Å². The van der Waals surface area contributed by atoms with Gasteiger partial charge in [-0.05, 0) is 26.0 Å². The Labute approximate surface area is 198 Å². The highest BCUT2D eigenvalue weighted by Gasteiger charge is 2.18. The molecule has 0 amide bonds. The topological polar surface area (TPSA) is 131 Å². The quantitative estimate of drug-likeness (QED) is 0.410. The standard InChI is InChI=1S/C22H25N9O2S/c1-14-8-22(27-15(2)26-14)29-21-10-20(24-12-25-21)28-17-7-6-16(19-11-23-13-30(19)3)9-18(17)31(4)34(5,32)33/h6-13H,1-5H3,(H2,24,25,26,27,28,29). The van der Waals surface area contributed by atoms with Crippen molar-refractivity contribution in [1.29, 1.82) is 0 Å². The average molecular weight is 480 g/mol. The molecule has 176 valence electrons. The highest BCUT2D eigenvalue weighted by Crippen LogP contribution is 2.34. The van der Waals surface area contributed by atoms with E-state index >= 15 is 0 Å². The van der Waals surface area contributed by atoms with Crippen LogP contribution in [-0.4, -0.2) is 51.2 Å². The summed E-state index contributed by atoms with van der Waals surface area (Å²) in [6.07, 6.45) is 5.99. The molecule has 0 aliphatic heterocycles. The van der Waals surface area contributed by atoms with Gasteiger partial charge < -0.3 is 15.2 Å². The number of nitrogens with zero attached hydrogens (tertiary/aromatic N) is 7. The molecule has 0 bridgehead atoms. The van der Waals surface area contributed by atoms with E-state index in [-0.39, 0.29) is 0 Å². The summed E-state index contributed by atoms with van der Waals surface area (Å²) in [4.78, 5) is 21.3. The molecule has 12 heteroatoms. The summed E-state index contributed by atoms with van der Waals surface area (Å²) >= 11 is 0. The highest BCUT2D eigenvalue weighted by atomic mass is 32.2. The lowest BCUT2D eigenvalue weighted by Gasteiger charge is -2.22. The first-order valence-corrected chi connectivity index (χ1v) is 12.2. The number of imidazole rings is 1. The number of hydrogen-bond donors (Lipinski definition) is 2. The van der Waals surface area contributed by atoms with E-state index in [1.807, 2.05) is 43.7 Å². The molecule has 3 heterocycles. The fraction of sp³-hybridized carbons (Fsp3) is 0.227. The summed E-state index contributed by atoms with van der Waals surface area (Å²) < 4.78 is 27.8. The molecule has 0 unspecified atom stereocenters. The van der Waals surface area contributed by atoms with Gasteiger partial charge in [0.25, 0.3) is 0 Å². The van der Waals surface area contributed by atoms with Crippen LogP contribution in [-0.2, 0) is 17.1 Å². The first-order chi connectivity index (χ1) is 16.1. The number of nitrogens with one attached hydrogen (secondary N) is 2.